The van der Waals surface area contributed by atoms with Crippen molar-refractivity contribution in [1.29, 1.82) is 0 Å². The van der Waals surface area contributed by atoms with Crippen LogP contribution in [0.1, 0.15) is 0 Å². The van der Waals surface area contributed by atoms with Crippen molar-refractivity contribution >= 4 is 11.8 Å². The zero-order valence-electron chi connectivity index (χ0n) is 4.72. The van der Waals surface area contributed by atoms with Gasteiger partial charge in [-0.2, -0.15) is 0 Å². The molecule has 0 saturated heterocycles. The minimum absolute atomic E-state index is 1.03. The van der Waals surface area contributed by atoms with Gasteiger partial charge < -0.3 is 0 Å². The number of nitrogens with zero attached hydrogens (tertiary/aromatic N) is 1. The van der Waals surface area contributed by atoms with Gasteiger partial charge in [0.15, 0.2) is 0 Å². The first kappa shape index (κ1) is 5.19. The van der Waals surface area contributed by atoms with E-state index in [0.717, 1.165) is 4.48 Å². The maximum Gasteiger partial charge on any atom is 0.133 e. The molecule has 2 heteroatoms. The van der Waals surface area contributed by atoms with Gasteiger partial charge in [0.1, 0.15) is 12.1 Å². The van der Waals surface area contributed by atoms with Gasteiger partial charge in [-0.3, -0.25) is 4.48 Å². The summed E-state index contributed by atoms with van der Waals surface area (Å²) in [6, 6.07) is 0. The topological polar surface area (TPSA) is 0 Å². The van der Waals surface area contributed by atoms with Gasteiger partial charge in [0.25, 0.3) is 0 Å². The second-order valence-corrected chi connectivity index (χ2v) is 3.22. The number of thioether (sulfide) groups is 1. The van der Waals surface area contributed by atoms with E-state index in [2.05, 4.69) is 25.7 Å². The fourth-order valence-electron chi connectivity index (χ4n) is 0.486. The molecule has 0 amide bonds. The van der Waals surface area contributed by atoms with Crippen molar-refractivity contribution in [3.8, 4) is 0 Å². The van der Waals surface area contributed by atoms with E-state index in [0.29, 0.717) is 0 Å². The molecular weight excluding hydrogens is 106 g/mol. The van der Waals surface area contributed by atoms with E-state index in [1.165, 1.54) is 5.88 Å². The molecule has 1 aliphatic heterocycles. The van der Waals surface area contributed by atoms with Crippen molar-refractivity contribution in [3.63, 3.8) is 0 Å². The number of rotatable bonds is 0. The largest absolute Gasteiger partial charge is 0.293 e. The lowest BCUT2D eigenvalue weighted by atomic mass is 10.7. The highest BCUT2D eigenvalue weighted by Crippen LogP contribution is 2.18. The van der Waals surface area contributed by atoms with Crippen molar-refractivity contribution < 1.29 is 4.48 Å². The van der Waals surface area contributed by atoms with Crippen LogP contribution in [0.2, 0.25) is 0 Å². The van der Waals surface area contributed by atoms with Crippen LogP contribution < -0.4 is 0 Å². The van der Waals surface area contributed by atoms with Crippen LogP contribution in [0.25, 0.3) is 0 Å². The van der Waals surface area contributed by atoms with E-state index in [-0.39, 0.29) is 0 Å². The molecule has 0 aromatic carbocycles. The smallest absolute Gasteiger partial charge is 0.133 e. The lowest BCUT2D eigenvalue weighted by Crippen LogP contribution is -2.29. The number of quaternary nitrogens is 1. The standard InChI is InChI=1S/C5H10NS/c1-6(2)3-4-7-5-6/h3-4H,5H2,1-2H3/q+1. The Kier molecular flexibility index (Phi) is 1.13. The molecule has 1 nitrogen and oxygen atoms in total. The maximum atomic E-state index is 2.20. The van der Waals surface area contributed by atoms with Crippen LogP contribution in [0.4, 0.5) is 0 Å². The molecule has 0 bridgehead atoms. The molecule has 1 rings (SSSR count). The Morgan fingerprint density at radius 2 is 2.29 bits per heavy atom. The third-order valence-electron chi connectivity index (χ3n) is 0.968. The second kappa shape index (κ2) is 1.53. The van der Waals surface area contributed by atoms with E-state index in [1.54, 1.807) is 0 Å². The highest BCUT2D eigenvalue weighted by atomic mass is 32.2. The van der Waals surface area contributed by atoms with Crippen molar-refractivity contribution in [2.24, 2.45) is 0 Å². The van der Waals surface area contributed by atoms with E-state index >= 15 is 0 Å². The predicted molar refractivity (Wildman–Crippen MR) is 33.7 cm³/mol. The summed E-state index contributed by atoms with van der Waals surface area (Å²) < 4.78 is 1.03. The Bertz CT molecular complexity index is 96.3. The van der Waals surface area contributed by atoms with Gasteiger partial charge in [-0.1, -0.05) is 11.8 Å². The third kappa shape index (κ3) is 1.21. The maximum absolute atomic E-state index is 2.20. The van der Waals surface area contributed by atoms with E-state index < -0.39 is 0 Å². The van der Waals surface area contributed by atoms with Crippen LogP contribution in [-0.2, 0) is 0 Å². The third-order valence-corrected chi connectivity index (χ3v) is 2.10. The van der Waals surface area contributed by atoms with Crippen molar-refractivity contribution in [2.75, 3.05) is 20.0 Å². The molecule has 1 heterocycles. The van der Waals surface area contributed by atoms with Crippen molar-refractivity contribution in [3.05, 3.63) is 11.6 Å². The molecule has 0 atom stereocenters. The number of hydrogen-bond acceptors (Lipinski definition) is 1. The molecule has 0 radical (unpaired) electrons. The zero-order chi connectivity index (χ0) is 5.33. The molecule has 0 fully saturated rings. The summed E-state index contributed by atoms with van der Waals surface area (Å²) in [6.45, 7) is 0. The Labute approximate surface area is 48.6 Å². The monoisotopic (exact) mass is 116 g/mol. The molecule has 7 heavy (non-hydrogen) atoms. The molecule has 0 saturated carbocycles. The normalized spacial score (nSPS) is 26.0. The average Bonchev–Trinajstić information content (AvgIpc) is 1.84. The van der Waals surface area contributed by atoms with Gasteiger partial charge in [-0.15, -0.1) is 0 Å². The van der Waals surface area contributed by atoms with Crippen LogP contribution in [0.5, 0.6) is 0 Å². The predicted octanol–water partition coefficient (Wildman–Crippen LogP) is 1.24. The highest BCUT2D eigenvalue weighted by Gasteiger charge is 2.14. The van der Waals surface area contributed by atoms with Crippen LogP contribution in [-0.4, -0.2) is 24.5 Å². The molecular formula is C5H10NS+. The van der Waals surface area contributed by atoms with E-state index in [1.807, 2.05) is 11.8 Å². The molecule has 0 aromatic heterocycles. The fraction of sp³-hybridized carbons (Fsp3) is 0.600. The molecule has 0 spiro atoms. The van der Waals surface area contributed by atoms with Gasteiger partial charge in [0.2, 0.25) is 0 Å². The minimum atomic E-state index is 1.03. The van der Waals surface area contributed by atoms with Crippen molar-refractivity contribution in [1.82, 2.24) is 0 Å². The summed E-state index contributed by atoms with van der Waals surface area (Å²) in [5, 5.41) is 2.15. The minimum Gasteiger partial charge on any atom is -0.293 e. The summed E-state index contributed by atoms with van der Waals surface area (Å²) in [5.41, 5.74) is 0. The number of hydrogen-bond donors (Lipinski definition) is 0. The summed E-state index contributed by atoms with van der Waals surface area (Å²) in [6.07, 6.45) is 2.20. The van der Waals surface area contributed by atoms with Gasteiger partial charge >= 0.3 is 0 Å². The first-order valence-corrected chi connectivity index (χ1v) is 3.38. The van der Waals surface area contributed by atoms with Gasteiger partial charge in [0, 0.05) is 5.41 Å². The highest BCUT2D eigenvalue weighted by molar-refractivity contribution is 8.02. The molecule has 0 aromatic rings. The van der Waals surface area contributed by atoms with E-state index in [9.17, 15) is 0 Å². The average molecular weight is 116 g/mol. The van der Waals surface area contributed by atoms with Gasteiger partial charge in [-0.05, 0) is 0 Å². The molecule has 40 valence electrons. The Morgan fingerprint density at radius 3 is 2.43 bits per heavy atom. The SMILES string of the molecule is C[N+]1(C)C=CSC1. The molecule has 0 unspecified atom stereocenters. The summed E-state index contributed by atoms with van der Waals surface area (Å²) >= 11 is 1.87. The summed E-state index contributed by atoms with van der Waals surface area (Å²) in [4.78, 5) is 0. The summed E-state index contributed by atoms with van der Waals surface area (Å²) in [7, 11) is 4.38. The molecule has 0 aliphatic carbocycles. The van der Waals surface area contributed by atoms with Crippen LogP contribution in [0.15, 0.2) is 11.6 Å². The first-order chi connectivity index (χ1) is 3.21. The zero-order valence-corrected chi connectivity index (χ0v) is 5.53. The Balaban J connectivity index is 2.57. The lowest BCUT2D eigenvalue weighted by Gasteiger charge is -2.17. The van der Waals surface area contributed by atoms with Crippen LogP contribution in [0.3, 0.4) is 0 Å². The van der Waals surface area contributed by atoms with Crippen molar-refractivity contribution in [2.45, 2.75) is 0 Å². The summed E-state index contributed by atoms with van der Waals surface area (Å²) in [5.74, 6) is 1.19. The first-order valence-electron chi connectivity index (χ1n) is 2.33. The quantitative estimate of drug-likeness (QED) is 0.429. The lowest BCUT2D eigenvalue weighted by molar-refractivity contribution is -0.822. The second-order valence-electron chi connectivity index (χ2n) is 2.36. The molecule has 0 N–H and O–H groups in total. The Morgan fingerprint density at radius 1 is 1.57 bits per heavy atom. The van der Waals surface area contributed by atoms with Crippen LogP contribution in [0, 0.1) is 0 Å². The fourth-order valence-corrected chi connectivity index (χ4v) is 1.46. The Hall–Kier alpha value is 0.0500. The van der Waals surface area contributed by atoms with Gasteiger partial charge in [0.05, 0.1) is 14.1 Å². The van der Waals surface area contributed by atoms with Gasteiger partial charge in [-0.25, -0.2) is 0 Å². The van der Waals surface area contributed by atoms with E-state index in [4.69, 9.17) is 0 Å². The molecule has 1 aliphatic rings. The van der Waals surface area contributed by atoms with Crippen LogP contribution >= 0.6 is 11.8 Å².